The number of rotatable bonds is 4. The van der Waals surface area contributed by atoms with Gasteiger partial charge in [0.15, 0.2) is 0 Å². The molecule has 0 spiro atoms. The number of benzene rings is 1. The molecule has 1 saturated heterocycles. The number of amides is 1. The zero-order chi connectivity index (χ0) is 15.4. The molecule has 6 heteroatoms. The van der Waals surface area contributed by atoms with Gasteiger partial charge in [0.2, 0.25) is 0 Å². The second-order valence-electron chi connectivity index (χ2n) is 5.23. The summed E-state index contributed by atoms with van der Waals surface area (Å²) in [5.41, 5.74) is 0.454. The van der Waals surface area contributed by atoms with E-state index >= 15 is 0 Å². The van der Waals surface area contributed by atoms with Crippen molar-refractivity contribution in [1.29, 1.82) is 5.26 Å². The van der Waals surface area contributed by atoms with Gasteiger partial charge in [0, 0.05) is 12.2 Å². The highest BCUT2D eigenvalue weighted by Crippen LogP contribution is 2.28. The third-order valence-electron chi connectivity index (χ3n) is 3.56. The molecule has 3 rings (SSSR count). The first kappa shape index (κ1) is 15.1. The van der Waals surface area contributed by atoms with Crippen molar-refractivity contribution in [3.63, 3.8) is 0 Å². The van der Waals surface area contributed by atoms with Gasteiger partial charge in [-0.05, 0) is 17.7 Å². The van der Waals surface area contributed by atoms with Crippen molar-refractivity contribution >= 4 is 29.0 Å². The van der Waals surface area contributed by atoms with Crippen LogP contribution in [0, 0.1) is 11.3 Å². The number of aromatic nitrogens is 1. The van der Waals surface area contributed by atoms with Crippen molar-refractivity contribution in [2.45, 2.75) is 18.4 Å². The van der Waals surface area contributed by atoms with Crippen LogP contribution in [0.4, 0.5) is 0 Å². The highest BCUT2D eigenvalue weighted by molar-refractivity contribution is 7.99. The maximum absolute atomic E-state index is 12.3. The number of nitriles is 1. The molecule has 1 aliphatic rings. The van der Waals surface area contributed by atoms with Crippen LogP contribution >= 0.6 is 23.1 Å². The minimum absolute atomic E-state index is 0.194. The van der Waals surface area contributed by atoms with E-state index in [2.05, 4.69) is 16.4 Å². The first-order valence-electron chi connectivity index (χ1n) is 7.01. The van der Waals surface area contributed by atoms with E-state index in [1.54, 1.807) is 18.0 Å². The standard InChI is InChI=1S/C16H15N3OS2/c17-10-16(6-7-21-11-16)19-15(20)13-9-18-14(22-13)8-12-4-2-1-3-5-12/h1-5,9H,6-8,11H2,(H,19,20). The summed E-state index contributed by atoms with van der Waals surface area (Å²) in [6.07, 6.45) is 3.03. The maximum Gasteiger partial charge on any atom is 0.264 e. The summed E-state index contributed by atoms with van der Waals surface area (Å²) in [7, 11) is 0. The monoisotopic (exact) mass is 329 g/mol. The lowest BCUT2D eigenvalue weighted by Crippen LogP contribution is -2.47. The number of hydrogen-bond donors (Lipinski definition) is 1. The van der Waals surface area contributed by atoms with Gasteiger partial charge in [0.25, 0.3) is 5.91 Å². The quantitative estimate of drug-likeness (QED) is 0.937. The van der Waals surface area contributed by atoms with Crippen molar-refractivity contribution in [2.24, 2.45) is 0 Å². The van der Waals surface area contributed by atoms with Crippen LogP contribution in [0.25, 0.3) is 0 Å². The van der Waals surface area contributed by atoms with E-state index in [1.165, 1.54) is 16.9 Å². The second kappa shape index (κ2) is 6.51. The third kappa shape index (κ3) is 3.32. The van der Waals surface area contributed by atoms with Crippen LogP contribution in [0.3, 0.4) is 0 Å². The van der Waals surface area contributed by atoms with Crippen molar-refractivity contribution in [3.05, 3.63) is 52.0 Å². The molecule has 2 heterocycles. The molecule has 0 radical (unpaired) electrons. The summed E-state index contributed by atoms with van der Waals surface area (Å²) in [5, 5.41) is 13.1. The van der Waals surface area contributed by atoms with Crippen LogP contribution in [0.15, 0.2) is 36.5 Å². The Kier molecular flexibility index (Phi) is 4.46. The Bertz CT molecular complexity index is 700. The number of hydrogen-bond acceptors (Lipinski definition) is 5. The van der Waals surface area contributed by atoms with E-state index in [-0.39, 0.29) is 5.91 Å². The van der Waals surface area contributed by atoms with Crippen molar-refractivity contribution < 1.29 is 4.79 Å². The lowest BCUT2D eigenvalue weighted by molar-refractivity contribution is 0.0930. The Balaban J connectivity index is 1.68. The van der Waals surface area contributed by atoms with Gasteiger partial charge >= 0.3 is 0 Å². The Morgan fingerprint density at radius 1 is 1.41 bits per heavy atom. The Morgan fingerprint density at radius 3 is 2.91 bits per heavy atom. The molecule has 112 valence electrons. The molecule has 1 fully saturated rings. The molecular weight excluding hydrogens is 314 g/mol. The topological polar surface area (TPSA) is 65.8 Å². The molecule has 4 nitrogen and oxygen atoms in total. The van der Waals surface area contributed by atoms with Gasteiger partial charge in [0.05, 0.1) is 17.3 Å². The average molecular weight is 329 g/mol. The second-order valence-corrected chi connectivity index (χ2v) is 7.45. The van der Waals surface area contributed by atoms with Crippen LogP contribution in [0.2, 0.25) is 0 Å². The zero-order valence-corrected chi connectivity index (χ0v) is 13.5. The fourth-order valence-electron chi connectivity index (χ4n) is 2.33. The van der Waals surface area contributed by atoms with E-state index in [0.29, 0.717) is 17.1 Å². The average Bonchev–Trinajstić information content (AvgIpc) is 3.18. The minimum Gasteiger partial charge on any atom is -0.332 e. The number of thioether (sulfide) groups is 1. The maximum atomic E-state index is 12.3. The Morgan fingerprint density at radius 2 is 2.23 bits per heavy atom. The smallest absolute Gasteiger partial charge is 0.264 e. The number of carbonyl (C=O) groups is 1. The summed E-state index contributed by atoms with van der Waals surface area (Å²) in [6.45, 7) is 0. The Labute approximate surface area is 137 Å². The first-order valence-corrected chi connectivity index (χ1v) is 8.98. The highest BCUT2D eigenvalue weighted by Gasteiger charge is 2.36. The molecule has 22 heavy (non-hydrogen) atoms. The SMILES string of the molecule is N#CC1(NC(=O)c2cnc(Cc3ccccc3)s2)CCSC1. The zero-order valence-electron chi connectivity index (χ0n) is 11.9. The van der Waals surface area contributed by atoms with Gasteiger partial charge in [-0.3, -0.25) is 4.79 Å². The van der Waals surface area contributed by atoms with Gasteiger partial charge in [-0.1, -0.05) is 30.3 Å². The molecule has 1 aromatic carbocycles. The summed E-state index contributed by atoms with van der Waals surface area (Å²) in [6, 6.07) is 12.3. The molecule has 1 amide bonds. The molecule has 1 aromatic heterocycles. The molecule has 1 atom stereocenters. The number of carbonyl (C=O) groups excluding carboxylic acids is 1. The molecular formula is C16H15N3OS2. The molecule has 0 bridgehead atoms. The van der Waals surface area contributed by atoms with E-state index in [0.717, 1.165) is 17.2 Å². The first-order chi connectivity index (χ1) is 10.7. The number of nitrogens with zero attached hydrogens (tertiary/aromatic N) is 2. The van der Waals surface area contributed by atoms with Gasteiger partial charge in [0.1, 0.15) is 10.4 Å². The predicted octanol–water partition coefficient (Wildman–Crippen LogP) is 2.86. The van der Waals surface area contributed by atoms with E-state index < -0.39 is 5.54 Å². The van der Waals surface area contributed by atoms with Gasteiger partial charge < -0.3 is 5.32 Å². The van der Waals surface area contributed by atoms with Crippen LogP contribution in [0.1, 0.15) is 26.7 Å². The molecule has 0 saturated carbocycles. The largest absolute Gasteiger partial charge is 0.332 e. The molecule has 1 unspecified atom stereocenters. The third-order valence-corrected chi connectivity index (χ3v) is 5.75. The minimum atomic E-state index is -0.717. The molecule has 0 aliphatic carbocycles. The lowest BCUT2D eigenvalue weighted by atomic mass is 10.0. The van der Waals surface area contributed by atoms with Gasteiger partial charge in [-0.15, -0.1) is 11.3 Å². The number of nitrogens with one attached hydrogen (secondary N) is 1. The van der Waals surface area contributed by atoms with Crippen LogP contribution in [-0.2, 0) is 6.42 Å². The van der Waals surface area contributed by atoms with E-state index in [1.807, 2.05) is 30.3 Å². The fourth-order valence-corrected chi connectivity index (χ4v) is 4.44. The van der Waals surface area contributed by atoms with Crippen LogP contribution < -0.4 is 5.32 Å². The van der Waals surface area contributed by atoms with Crippen LogP contribution in [-0.4, -0.2) is 27.9 Å². The normalized spacial score (nSPS) is 20.5. The van der Waals surface area contributed by atoms with Crippen molar-refractivity contribution in [2.75, 3.05) is 11.5 Å². The lowest BCUT2D eigenvalue weighted by Gasteiger charge is -2.20. The van der Waals surface area contributed by atoms with E-state index in [9.17, 15) is 10.1 Å². The summed E-state index contributed by atoms with van der Waals surface area (Å²) in [4.78, 5) is 17.2. The summed E-state index contributed by atoms with van der Waals surface area (Å²) < 4.78 is 0. The molecule has 1 aliphatic heterocycles. The Hall–Kier alpha value is -1.84. The number of thiazole rings is 1. The van der Waals surface area contributed by atoms with E-state index in [4.69, 9.17) is 0 Å². The van der Waals surface area contributed by atoms with Crippen molar-refractivity contribution in [1.82, 2.24) is 10.3 Å². The van der Waals surface area contributed by atoms with Gasteiger partial charge in [-0.2, -0.15) is 17.0 Å². The fraction of sp³-hybridized carbons (Fsp3) is 0.312. The summed E-state index contributed by atoms with van der Waals surface area (Å²) in [5.74, 6) is 1.38. The highest BCUT2D eigenvalue weighted by atomic mass is 32.2. The van der Waals surface area contributed by atoms with Crippen molar-refractivity contribution in [3.8, 4) is 6.07 Å². The van der Waals surface area contributed by atoms with Gasteiger partial charge in [-0.25, -0.2) is 4.98 Å². The summed E-state index contributed by atoms with van der Waals surface area (Å²) >= 11 is 3.09. The van der Waals surface area contributed by atoms with Crippen LogP contribution in [0.5, 0.6) is 0 Å². The molecule has 1 N–H and O–H groups in total. The molecule has 2 aromatic rings. The predicted molar refractivity (Wildman–Crippen MR) is 89.1 cm³/mol.